The summed E-state index contributed by atoms with van der Waals surface area (Å²) in [4.78, 5) is 40.2. The predicted molar refractivity (Wildman–Crippen MR) is 123 cm³/mol. The Labute approximate surface area is 204 Å². The molecule has 0 saturated heterocycles. The Hall–Kier alpha value is -4.19. The number of hydrogen-bond donors (Lipinski definition) is 2. The molecule has 3 aromatic rings. The molecule has 0 fully saturated rings. The number of fused-ring (bicyclic) bond motifs is 1. The number of ether oxygens (including phenoxy) is 1. The highest BCUT2D eigenvalue weighted by Gasteiger charge is 2.34. The van der Waals surface area contributed by atoms with Crippen molar-refractivity contribution in [3.8, 4) is 5.75 Å². The van der Waals surface area contributed by atoms with Crippen molar-refractivity contribution in [1.82, 2.24) is 14.9 Å². The summed E-state index contributed by atoms with van der Waals surface area (Å²) in [5.74, 6) is -3.50. The van der Waals surface area contributed by atoms with Crippen molar-refractivity contribution in [3.05, 3.63) is 87.2 Å². The monoisotopic (exact) mass is 502 g/mol. The molecule has 1 aromatic carbocycles. The van der Waals surface area contributed by atoms with Crippen LogP contribution in [0.2, 0.25) is 0 Å². The Morgan fingerprint density at radius 3 is 2.75 bits per heavy atom. The van der Waals surface area contributed by atoms with Crippen LogP contribution in [0.15, 0.2) is 52.0 Å². The molecule has 0 atom stereocenters. The second kappa shape index (κ2) is 10.6. The van der Waals surface area contributed by atoms with Crippen molar-refractivity contribution in [2.75, 3.05) is 31.4 Å². The molecule has 1 aliphatic heterocycles. The topological polar surface area (TPSA) is 117 Å². The molecule has 0 aliphatic carbocycles. The van der Waals surface area contributed by atoms with Gasteiger partial charge in [0, 0.05) is 37.5 Å². The minimum absolute atomic E-state index is 0.00611. The van der Waals surface area contributed by atoms with Crippen molar-refractivity contribution in [2.45, 2.75) is 20.0 Å². The molecule has 0 unspecified atom stereocenters. The molecular weight excluding hydrogens is 478 g/mol. The third-order valence-corrected chi connectivity index (χ3v) is 5.62. The van der Waals surface area contributed by atoms with Crippen LogP contribution in [0, 0.1) is 11.6 Å². The first-order chi connectivity index (χ1) is 17.3. The number of nitrogens with one attached hydrogen (secondary N) is 1. The number of carbonyl (C=O) groups is 2. The van der Waals surface area contributed by atoms with E-state index >= 15 is 0 Å². The van der Waals surface area contributed by atoms with Crippen molar-refractivity contribution in [1.29, 1.82) is 0 Å². The largest absolute Gasteiger partial charge is 0.502 e. The first-order valence-electron chi connectivity index (χ1n) is 11.2. The molecule has 0 bridgehead atoms. The van der Waals surface area contributed by atoms with Crippen molar-refractivity contribution >= 4 is 11.8 Å². The number of aromatic hydroxyl groups is 1. The van der Waals surface area contributed by atoms with Crippen LogP contribution in [0.4, 0.5) is 8.78 Å². The molecule has 2 aromatic heterocycles. The van der Waals surface area contributed by atoms with Gasteiger partial charge in [-0.2, -0.15) is 0 Å². The number of carbonyl (C=O) groups excluding carboxylic acids is 2. The fourth-order valence-corrected chi connectivity index (χ4v) is 3.79. The van der Waals surface area contributed by atoms with E-state index in [4.69, 9.17) is 9.15 Å². The molecule has 0 saturated carbocycles. The first-order valence-corrected chi connectivity index (χ1v) is 11.2. The third kappa shape index (κ3) is 5.08. The van der Waals surface area contributed by atoms with E-state index in [9.17, 15) is 28.3 Å². The average Bonchev–Trinajstić information content (AvgIpc) is 3.36. The highest BCUT2D eigenvalue weighted by molar-refractivity contribution is 5.99. The zero-order chi connectivity index (χ0) is 25.8. The highest BCUT2D eigenvalue weighted by atomic mass is 19.1. The molecule has 0 spiro atoms. The number of halogens is 2. The van der Waals surface area contributed by atoms with E-state index in [1.165, 1.54) is 21.9 Å². The Bertz CT molecular complexity index is 1320. The van der Waals surface area contributed by atoms with Gasteiger partial charge in [0.1, 0.15) is 29.6 Å². The Morgan fingerprint density at radius 2 is 2.06 bits per heavy atom. The molecule has 2 amide bonds. The maximum Gasteiger partial charge on any atom is 0.277 e. The van der Waals surface area contributed by atoms with E-state index < -0.39 is 40.2 Å². The molecule has 190 valence electrons. The average molecular weight is 502 g/mol. The maximum atomic E-state index is 13.9. The van der Waals surface area contributed by atoms with Crippen LogP contribution in [0.3, 0.4) is 0 Å². The predicted octanol–water partition coefficient (Wildman–Crippen LogP) is 1.94. The van der Waals surface area contributed by atoms with E-state index in [1.807, 2.05) is 6.92 Å². The van der Waals surface area contributed by atoms with Gasteiger partial charge in [0.05, 0.1) is 19.4 Å². The summed E-state index contributed by atoms with van der Waals surface area (Å²) in [6, 6.07) is 6.29. The minimum Gasteiger partial charge on any atom is -0.502 e. The van der Waals surface area contributed by atoms with Crippen LogP contribution in [0.1, 0.15) is 39.1 Å². The van der Waals surface area contributed by atoms with Crippen molar-refractivity contribution < 1.29 is 32.6 Å². The number of amides is 2. The second-order valence-electron chi connectivity index (χ2n) is 7.98. The summed E-state index contributed by atoms with van der Waals surface area (Å²) in [5.41, 5.74) is -1.82. The zero-order valence-corrected chi connectivity index (χ0v) is 19.4. The normalized spacial score (nSPS) is 13.1. The SMILES string of the molecule is CCOCCN1CN(Cc2ccco2)n2cc(C(=O)NCc3ccc(F)cc3F)c(=O)c(O)c2C1=O. The van der Waals surface area contributed by atoms with Gasteiger partial charge in [0.25, 0.3) is 11.8 Å². The van der Waals surface area contributed by atoms with Gasteiger partial charge >= 0.3 is 0 Å². The lowest BCUT2D eigenvalue weighted by Gasteiger charge is -2.39. The number of pyridine rings is 1. The molecular formula is C24H24F2N4O6. The van der Waals surface area contributed by atoms with Gasteiger partial charge in [-0.15, -0.1) is 0 Å². The van der Waals surface area contributed by atoms with Crippen LogP contribution in [0.25, 0.3) is 0 Å². The lowest BCUT2D eigenvalue weighted by atomic mass is 10.1. The first kappa shape index (κ1) is 24.9. The summed E-state index contributed by atoms with van der Waals surface area (Å²) in [6.45, 7) is 2.63. The van der Waals surface area contributed by atoms with Crippen molar-refractivity contribution in [2.24, 2.45) is 0 Å². The van der Waals surface area contributed by atoms with Crippen LogP contribution < -0.4 is 15.8 Å². The van der Waals surface area contributed by atoms with Gasteiger partial charge < -0.3 is 24.5 Å². The van der Waals surface area contributed by atoms with Gasteiger partial charge in [-0.05, 0) is 25.1 Å². The molecule has 2 N–H and O–H groups in total. The van der Waals surface area contributed by atoms with E-state index in [0.717, 1.165) is 12.3 Å². The fourth-order valence-electron chi connectivity index (χ4n) is 3.79. The molecule has 1 aliphatic rings. The summed E-state index contributed by atoms with van der Waals surface area (Å²) in [7, 11) is 0. The van der Waals surface area contributed by atoms with Gasteiger partial charge in [0.2, 0.25) is 5.43 Å². The summed E-state index contributed by atoms with van der Waals surface area (Å²) >= 11 is 0. The van der Waals surface area contributed by atoms with Gasteiger partial charge in [-0.25, -0.2) is 8.78 Å². The standard InChI is InChI=1S/C24H24F2N4O6/c1-2-35-9-7-28-14-29(12-17-4-3-8-36-17)30-13-18(21(31)22(32)20(30)24(28)34)23(33)27-11-15-5-6-16(25)10-19(15)26/h3-6,8,10,13,32H,2,7,9,11-12,14H2,1H3,(H,27,33). The Balaban J connectivity index is 1.66. The number of nitrogens with zero attached hydrogens (tertiary/aromatic N) is 3. The molecule has 36 heavy (non-hydrogen) atoms. The van der Waals surface area contributed by atoms with Crippen LogP contribution in [-0.4, -0.2) is 52.9 Å². The lowest BCUT2D eigenvalue weighted by Crippen LogP contribution is -2.54. The number of hydrogen-bond acceptors (Lipinski definition) is 7. The van der Waals surface area contributed by atoms with E-state index in [1.54, 1.807) is 17.1 Å². The molecule has 3 heterocycles. The van der Waals surface area contributed by atoms with Crippen LogP contribution in [-0.2, 0) is 17.8 Å². The zero-order valence-electron chi connectivity index (χ0n) is 19.4. The Morgan fingerprint density at radius 1 is 1.25 bits per heavy atom. The molecule has 12 heteroatoms. The number of furan rings is 1. The molecule has 10 nitrogen and oxygen atoms in total. The number of benzene rings is 1. The molecule has 0 radical (unpaired) electrons. The summed E-state index contributed by atoms with van der Waals surface area (Å²) in [6.07, 6.45) is 2.63. The summed E-state index contributed by atoms with van der Waals surface area (Å²) in [5, 5.41) is 14.7. The van der Waals surface area contributed by atoms with Crippen LogP contribution >= 0.6 is 0 Å². The minimum atomic E-state index is -1.06. The smallest absolute Gasteiger partial charge is 0.277 e. The Kier molecular flexibility index (Phi) is 7.34. The summed E-state index contributed by atoms with van der Waals surface area (Å²) < 4.78 is 39.0. The molecule has 4 rings (SSSR count). The lowest BCUT2D eigenvalue weighted by molar-refractivity contribution is 0.0580. The van der Waals surface area contributed by atoms with Crippen molar-refractivity contribution in [3.63, 3.8) is 0 Å². The van der Waals surface area contributed by atoms with Gasteiger partial charge in [-0.1, -0.05) is 6.07 Å². The van der Waals surface area contributed by atoms with Gasteiger partial charge in [0.15, 0.2) is 11.4 Å². The number of aromatic nitrogens is 1. The second-order valence-corrected chi connectivity index (χ2v) is 7.98. The number of rotatable bonds is 9. The quantitative estimate of drug-likeness (QED) is 0.430. The van der Waals surface area contributed by atoms with E-state index in [0.29, 0.717) is 18.4 Å². The fraction of sp³-hybridized carbons (Fsp3) is 0.292. The van der Waals surface area contributed by atoms with Crippen LogP contribution in [0.5, 0.6) is 5.75 Å². The van der Waals surface area contributed by atoms with E-state index in [2.05, 4.69) is 5.32 Å². The van der Waals surface area contributed by atoms with E-state index in [-0.39, 0.29) is 44.2 Å². The highest BCUT2D eigenvalue weighted by Crippen LogP contribution is 2.23. The third-order valence-electron chi connectivity index (χ3n) is 5.62. The maximum absolute atomic E-state index is 13.9. The van der Waals surface area contributed by atoms with Gasteiger partial charge in [-0.3, -0.25) is 24.1 Å².